The van der Waals surface area contributed by atoms with E-state index in [1.54, 1.807) is 12.3 Å². The maximum Gasteiger partial charge on any atom is 0.272 e. The minimum atomic E-state index is -0.907. The molecular formula is C34H31ClF2N8O. The largest absolute Gasteiger partial charge is 0.350 e. The van der Waals surface area contributed by atoms with E-state index in [9.17, 15) is 13.6 Å². The second kappa shape index (κ2) is 12.5. The van der Waals surface area contributed by atoms with Crippen LogP contribution in [-0.2, 0) is 20.1 Å². The molecule has 0 radical (unpaired) electrons. The van der Waals surface area contributed by atoms with Gasteiger partial charge < -0.3 is 25.1 Å². The summed E-state index contributed by atoms with van der Waals surface area (Å²) in [4.78, 5) is 27.3. The van der Waals surface area contributed by atoms with Gasteiger partial charge in [-0.3, -0.25) is 4.79 Å². The molecule has 12 heteroatoms. The van der Waals surface area contributed by atoms with Crippen LogP contribution in [0.25, 0.3) is 33.5 Å². The van der Waals surface area contributed by atoms with E-state index in [1.807, 2.05) is 54.1 Å². The predicted molar refractivity (Wildman–Crippen MR) is 176 cm³/mol. The molecule has 234 valence electrons. The number of anilines is 2. The zero-order valence-electron chi connectivity index (χ0n) is 25.0. The van der Waals surface area contributed by atoms with Crippen LogP contribution in [0.4, 0.5) is 20.4 Å². The fourth-order valence-electron chi connectivity index (χ4n) is 6.03. The topological polar surface area (TPSA) is 102 Å². The van der Waals surface area contributed by atoms with Gasteiger partial charge in [-0.05, 0) is 79.9 Å². The molecule has 1 amide bonds. The number of carbonyl (C=O) groups is 1. The third-order valence-corrected chi connectivity index (χ3v) is 8.73. The lowest BCUT2D eigenvalue weighted by Gasteiger charge is -2.24. The van der Waals surface area contributed by atoms with Crippen LogP contribution in [0.15, 0.2) is 72.9 Å². The molecule has 1 aliphatic heterocycles. The maximum atomic E-state index is 13.7. The molecule has 9 nitrogen and oxygen atoms in total. The number of amides is 1. The van der Waals surface area contributed by atoms with Gasteiger partial charge in [0.2, 0.25) is 5.95 Å². The minimum absolute atomic E-state index is 0.216. The molecule has 0 saturated carbocycles. The Morgan fingerprint density at radius 2 is 1.93 bits per heavy atom. The zero-order chi connectivity index (χ0) is 31.8. The van der Waals surface area contributed by atoms with E-state index in [0.717, 1.165) is 49.0 Å². The van der Waals surface area contributed by atoms with Gasteiger partial charge in [0.1, 0.15) is 17.0 Å². The smallest absolute Gasteiger partial charge is 0.272 e. The third kappa shape index (κ3) is 5.91. The lowest BCUT2D eigenvalue weighted by molar-refractivity contribution is 0.101. The molecule has 0 aliphatic carbocycles. The van der Waals surface area contributed by atoms with Crippen molar-refractivity contribution in [3.05, 3.63) is 101 Å². The maximum absolute atomic E-state index is 13.7. The molecule has 1 aliphatic rings. The summed E-state index contributed by atoms with van der Waals surface area (Å²) in [6, 6.07) is 18.9. The fraction of sp³-hybridized carbons (Fsp3) is 0.235. The number of nitrogens with zero attached hydrogens (tertiary/aromatic N) is 5. The highest BCUT2D eigenvalue weighted by Gasteiger charge is 2.22. The molecular weight excluding hydrogens is 610 g/mol. The number of carbonyl (C=O) groups excluding carboxylic acids is 1. The number of benzene rings is 3. The van der Waals surface area contributed by atoms with Crippen LogP contribution >= 0.6 is 11.6 Å². The molecule has 0 unspecified atom stereocenters. The lowest BCUT2D eigenvalue weighted by Crippen LogP contribution is -2.32. The van der Waals surface area contributed by atoms with E-state index in [4.69, 9.17) is 21.6 Å². The number of aryl methyl sites for hydroxylation is 1. The first-order valence-corrected chi connectivity index (χ1v) is 15.5. The van der Waals surface area contributed by atoms with Crippen molar-refractivity contribution in [1.82, 2.24) is 29.4 Å². The highest BCUT2D eigenvalue weighted by molar-refractivity contribution is 6.33. The number of para-hydroxylation sites is 1. The quantitative estimate of drug-likeness (QED) is 0.170. The Morgan fingerprint density at radius 3 is 2.72 bits per heavy atom. The van der Waals surface area contributed by atoms with Crippen LogP contribution in [0.5, 0.6) is 0 Å². The predicted octanol–water partition coefficient (Wildman–Crippen LogP) is 6.78. The number of aromatic nitrogens is 5. The van der Waals surface area contributed by atoms with Gasteiger partial charge in [-0.25, -0.2) is 18.7 Å². The molecule has 1 fully saturated rings. The van der Waals surface area contributed by atoms with Crippen molar-refractivity contribution in [2.24, 2.45) is 13.0 Å². The van der Waals surface area contributed by atoms with Crippen LogP contribution in [0.2, 0.25) is 5.02 Å². The van der Waals surface area contributed by atoms with Gasteiger partial charge in [0.15, 0.2) is 17.3 Å². The second-order valence-electron chi connectivity index (χ2n) is 11.6. The van der Waals surface area contributed by atoms with E-state index in [1.165, 1.54) is 6.07 Å². The molecule has 3 N–H and O–H groups in total. The summed E-state index contributed by atoms with van der Waals surface area (Å²) >= 11 is 6.88. The van der Waals surface area contributed by atoms with Gasteiger partial charge in [-0.2, -0.15) is 4.98 Å². The number of fused-ring (bicyclic) bond motifs is 2. The van der Waals surface area contributed by atoms with E-state index in [0.29, 0.717) is 62.9 Å². The number of halogens is 3. The summed E-state index contributed by atoms with van der Waals surface area (Å²) in [6.45, 7) is 2.74. The average molecular weight is 641 g/mol. The van der Waals surface area contributed by atoms with Crippen molar-refractivity contribution >= 4 is 51.2 Å². The van der Waals surface area contributed by atoms with Gasteiger partial charge >= 0.3 is 0 Å². The second-order valence-corrected chi connectivity index (χ2v) is 12.0. The summed E-state index contributed by atoms with van der Waals surface area (Å²) in [5, 5.41) is 11.0. The van der Waals surface area contributed by atoms with E-state index >= 15 is 0 Å². The van der Waals surface area contributed by atoms with Crippen molar-refractivity contribution in [3.63, 3.8) is 0 Å². The summed E-state index contributed by atoms with van der Waals surface area (Å²) < 4.78 is 31.0. The molecule has 46 heavy (non-hydrogen) atoms. The Labute approximate surface area is 268 Å². The standard InChI is InChI=1S/C34H31ClF2N8O/c1-44-29-7-3-2-6-22(29)14-30(44)33(46)41-23-9-10-24(25(35)15-23)31-42-28-18-40-34(39-17-20-8-11-26(36)27(37)13-20)43-32(28)45(31)19-21-5-4-12-38-16-21/h2-3,6-11,13-15,18,21,38H,4-5,12,16-17,19H2,1H3,(H,41,46)(H,39,40,43)/t21-/m1/s1. The summed E-state index contributed by atoms with van der Waals surface area (Å²) in [6.07, 6.45) is 3.78. The number of rotatable bonds is 8. The molecule has 0 spiro atoms. The van der Waals surface area contributed by atoms with Crippen LogP contribution < -0.4 is 16.0 Å². The lowest BCUT2D eigenvalue weighted by atomic mass is 9.99. The highest BCUT2D eigenvalue weighted by atomic mass is 35.5. The van der Waals surface area contributed by atoms with E-state index in [-0.39, 0.29) is 12.5 Å². The monoisotopic (exact) mass is 640 g/mol. The molecule has 1 saturated heterocycles. The van der Waals surface area contributed by atoms with Gasteiger partial charge in [0.05, 0.1) is 11.2 Å². The first kappa shape index (κ1) is 29.8. The summed E-state index contributed by atoms with van der Waals surface area (Å²) in [5.74, 6) is -0.701. The first-order valence-electron chi connectivity index (χ1n) is 15.1. The minimum Gasteiger partial charge on any atom is -0.350 e. The molecule has 3 aromatic carbocycles. The molecule has 4 heterocycles. The van der Waals surface area contributed by atoms with Crippen LogP contribution in [0.3, 0.4) is 0 Å². The van der Waals surface area contributed by atoms with Crippen molar-refractivity contribution < 1.29 is 13.6 Å². The Bertz CT molecular complexity index is 2090. The van der Waals surface area contributed by atoms with Gasteiger partial charge in [0, 0.05) is 42.3 Å². The van der Waals surface area contributed by atoms with E-state index < -0.39 is 11.6 Å². The third-order valence-electron chi connectivity index (χ3n) is 8.41. The zero-order valence-corrected chi connectivity index (χ0v) is 25.8. The molecule has 7 rings (SSSR count). The Hall–Kier alpha value is -4.87. The fourth-order valence-corrected chi connectivity index (χ4v) is 6.29. The Morgan fingerprint density at radius 1 is 1.07 bits per heavy atom. The molecule has 1 atom stereocenters. The summed E-state index contributed by atoms with van der Waals surface area (Å²) in [5.41, 5.74) is 4.56. The van der Waals surface area contributed by atoms with Crippen molar-refractivity contribution in [2.75, 3.05) is 23.7 Å². The number of hydrogen-bond acceptors (Lipinski definition) is 6. The van der Waals surface area contributed by atoms with Crippen LogP contribution in [-0.4, -0.2) is 43.1 Å². The van der Waals surface area contributed by atoms with Gasteiger partial charge in [-0.1, -0.05) is 35.9 Å². The van der Waals surface area contributed by atoms with Crippen molar-refractivity contribution in [1.29, 1.82) is 0 Å². The Kier molecular flexibility index (Phi) is 8.10. The van der Waals surface area contributed by atoms with Gasteiger partial charge in [-0.15, -0.1) is 0 Å². The SMILES string of the molecule is Cn1c(C(=O)Nc2ccc(-c3nc4cnc(NCc5ccc(F)c(F)c5)nc4n3C[C@@H]3CCCNC3)c(Cl)c2)cc2ccccc21. The highest BCUT2D eigenvalue weighted by Crippen LogP contribution is 2.33. The Balaban J connectivity index is 1.18. The number of hydrogen-bond donors (Lipinski definition) is 3. The van der Waals surface area contributed by atoms with Crippen molar-refractivity contribution in [2.45, 2.75) is 25.9 Å². The van der Waals surface area contributed by atoms with Crippen LogP contribution in [0, 0.1) is 17.6 Å². The number of piperidine rings is 1. The molecule has 0 bridgehead atoms. The summed E-state index contributed by atoms with van der Waals surface area (Å²) in [7, 11) is 1.87. The van der Waals surface area contributed by atoms with E-state index in [2.05, 4.69) is 25.5 Å². The number of nitrogens with one attached hydrogen (secondary N) is 3. The molecule has 3 aromatic heterocycles. The van der Waals surface area contributed by atoms with Gasteiger partial charge in [0.25, 0.3) is 5.91 Å². The van der Waals surface area contributed by atoms with Crippen molar-refractivity contribution in [3.8, 4) is 11.4 Å². The molecule has 6 aromatic rings. The normalized spacial score (nSPS) is 15.0. The first-order chi connectivity index (χ1) is 22.3. The van der Waals surface area contributed by atoms with Crippen LogP contribution in [0.1, 0.15) is 28.9 Å². The number of imidazole rings is 1. The average Bonchev–Trinajstić information content (AvgIpc) is 3.59.